The fourth-order valence-corrected chi connectivity index (χ4v) is 2.78. The molecule has 1 aliphatic rings. The van der Waals surface area contributed by atoms with E-state index in [0.717, 1.165) is 0 Å². The minimum Gasteiger partial charge on any atom is -0.444 e. The van der Waals surface area contributed by atoms with E-state index >= 15 is 0 Å². The molecular weight excluding hydrogens is 440 g/mol. The first-order chi connectivity index (χ1) is 15.7. The topological polar surface area (TPSA) is 206 Å². The lowest BCUT2D eigenvalue weighted by atomic mass is 10.1. The Bertz CT molecular complexity index is 1160. The first-order valence-corrected chi connectivity index (χ1v) is 9.58. The molecule has 14 heteroatoms. The highest BCUT2D eigenvalue weighted by atomic mass is 16.7. The number of benzene rings is 1. The number of fused-ring (bicyclic) bond motifs is 1. The van der Waals surface area contributed by atoms with Gasteiger partial charge >= 0.3 is 17.8 Å². The maximum atomic E-state index is 12.1. The van der Waals surface area contributed by atoms with Crippen LogP contribution in [0.3, 0.4) is 0 Å². The summed E-state index contributed by atoms with van der Waals surface area (Å²) < 4.78 is 10.1. The van der Waals surface area contributed by atoms with Gasteiger partial charge < -0.3 is 35.7 Å². The molecule has 0 spiro atoms. The smallest absolute Gasteiger partial charge is 0.432 e. The Morgan fingerprint density at radius 3 is 2.48 bits per heavy atom. The van der Waals surface area contributed by atoms with Crippen LogP contribution < -0.4 is 27.3 Å². The number of guanidine groups is 1. The molecule has 0 saturated carbocycles. The molecule has 14 nitrogen and oxygen atoms in total. The van der Waals surface area contributed by atoms with Gasteiger partial charge in [0.25, 0.3) is 11.8 Å². The number of imide groups is 1. The second-order valence-corrected chi connectivity index (χ2v) is 6.77. The van der Waals surface area contributed by atoms with E-state index in [1.54, 1.807) is 12.1 Å². The Kier molecular flexibility index (Phi) is 7.07. The number of rotatable bonds is 7. The van der Waals surface area contributed by atoms with Gasteiger partial charge in [-0.3, -0.25) is 15.0 Å². The highest BCUT2D eigenvalue weighted by molar-refractivity contribution is 6.01. The van der Waals surface area contributed by atoms with Crippen molar-refractivity contribution in [2.24, 2.45) is 5.73 Å². The van der Waals surface area contributed by atoms with Gasteiger partial charge in [0, 0.05) is 24.8 Å². The lowest BCUT2D eigenvalue weighted by Gasteiger charge is -2.13. The third-order valence-electron chi connectivity index (χ3n) is 4.36. The number of nitrogens with zero attached hydrogens (tertiary/aromatic N) is 1. The van der Waals surface area contributed by atoms with Crippen LogP contribution in [0.4, 0.5) is 9.59 Å². The first-order valence-electron chi connectivity index (χ1n) is 9.58. The quantitative estimate of drug-likeness (QED) is 0.120. The van der Waals surface area contributed by atoms with Gasteiger partial charge in [0.15, 0.2) is 5.96 Å². The Labute approximate surface area is 185 Å². The fraction of sp³-hybridized carbons (Fsp3) is 0.263. The molecule has 6 N–H and O–H groups in total. The standard InChI is InChI=1S/C19H20N6O8/c20-17(21)23-9-24-18(29)31-8-12-6-11-5-10(1-2-13(11)32-16(12)28)7-22-19(30)33-25-14(26)3-4-15(25)27/h1-2,5-6H,3-4,7-9H2,(H,22,30)(H,24,29)(H4,20,21,23). The highest BCUT2D eigenvalue weighted by Crippen LogP contribution is 2.17. The van der Waals surface area contributed by atoms with Gasteiger partial charge in [-0.25, -0.2) is 14.4 Å². The highest BCUT2D eigenvalue weighted by Gasteiger charge is 2.32. The molecule has 33 heavy (non-hydrogen) atoms. The summed E-state index contributed by atoms with van der Waals surface area (Å²) in [7, 11) is 0. The molecule has 2 aromatic rings. The van der Waals surface area contributed by atoms with Crippen LogP contribution >= 0.6 is 0 Å². The predicted molar refractivity (Wildman–Crippen MR) is 110 cm³/mol. The molecule has 2 heterocycles. The average Bonchev–Trinajstić information content (AvgIpc) is 3.08. The lowest BCUT2D eigenvalue weighted by Crippen LogP contribution is -2.40. The second kappa shape index (κ2) is 10.1. The van der Waals surface area contributed by atoms with E-state index in [0.29, 0.717) is 16.0 Å². The summed E-state index contributed by atoms with van der Waals surface area (Å²) in [6, 6.07) is 6.23. The lowest BCUT2D eigenvalue weighted by molar-refractivity contribution is -0.171. The number of nitrogens with two attached hydrogens (primary N) is 1. The largest absolute Gasteiger partial charge is 0.444 e. The molecule has 1 aromatic carbocycles. The monoisotopic (exact) mass is 460 g/mol. The first kappa shape index (κ1) is 23.1. The molecule has 0 aliphatic carbocycles. The van der Waals surface area contributed by atoms with E-state index in [9.17, 15) is 24.0 Å². The zero-order valence-corrected chi connectivity index (χ0v) is 17.1. The second-order valence-electron chi connectivity index (χ2n) is 6.77. The van der Waals surface area contributed by atoms with Crippen LogP contribution in [-0.4, -0.2) is 41.7 Å². The van der Waals surface area contributed by atoms with Gasteiger partial charge in [0.1, 0.15) is 12.2 Å². The van der Waals surface area contributed by atoms with Crippen molar-refractivity contribution < 1.29 is 33.2 Å². The number of hydroxylamine groups is 2. The van der Waals surface area contributed by atoms with Gasteiger partial charge in [-0.2, -0.15) is 0 Å². The minimum absolute atomic E-state index is 0.00150. The maximum absolute atomic E-state index is 12.1. The number of carbonyl (C=O) groups is 4. The van der Waals surface area contributed by atoms with Gasteiger partial charge in [0.05, 0.1) is 12.2 Å². The van der Waals surface area contributed by atoms with Crippen LogP contribution in [0, 0.1) is 5.41 Å². The fourth-order valence-electron chi connectivity index (χ4n) is 2.78. The van der Waals surface area contributed by atoms with E-state index in [2.05, 4.69) is 16.0 Å². The molecule has 0 bridgehead atoms. The van der Waals surface area contributed by atoms with Crippen molar-refractivity contribution in [2.45, 2.75) is 26.0 Å². The summed E-state index contributed by atoms with van der Waals surface area (Å²) in [5, 5.41) is 15.0. The van der Waals surface area contributed by atoms with Crippen molar-refractivity contribution in [2.75, 3.05) is 6.67 Å². The number of hydrogen-bond acceptors (Lipinski definition) is 9. The summed E-state index contributed by atoms with van der Waals surface area (Å²) in [4.78, 5) is 63.3. The predicted octanol–water partition coefficient (Wildman–Crippen LogP) is -0.250. The van der Waals surface area contributed by atoms with Crippen LogP contribution in [0.1, 0.15) is 24.0 Å². The van der Waals surface area contributed by atoms with Crippen molar-refractivity contribution in [3.63, 3.8) is 0 Å². The van der Waals surface area contributed by atoms with Crippen LogP contribution in [0.25, 0.3) is 11.0 Å². The van der Waals surface area contributed by atoms with E-state index in [1.165, 1.54) is 12.1 Å². The maximum Gasteiger partial charge on any atom is 0.432 e. The molecule has 1 saturated heterocycles. The molecule has 174 valence electrons. The Hall–Kier alpha value is -4.62. The van der Waals surface area contributed by atoms with Crippen LogP contribution in [0.15, 0.2) is 33.5 Å². The van der Waals surface area contributed by atoms with Crippen molar-refractivity contribution in [1.82, 2.24) is 21.0 Å². The van der Waals surface area contributed by atoms with E-state index in [-0.39, 0.29) is 49.8 Å². The summed E-state index contributed by atoms with van der Waals surface area (Å²) >= 11 is 0. The summed E-state index contributed by atoms with van der Waals surface area (Å²) in [5.41, 5.74) is 5.35. The van der Waals surface area contributed by atoms with Crippen molar-refractivity contribution >= 4 is 40.9 Å². The number of ether oxygens (including phenoxy) is 1. The zero-order valence-electron chi connectivity index (χ0n) is 17.1. The Balaban J connectivity index is 1.59. The summed E-state index contributed by atoms with van der Waals surface area (Å²) in [6.07, 6.45) is -1.83. The third-order valence-corrected chi connectivity index (χ3v) is 4.36. The van der Waals surface area contributed by atoms with Gasteiger partial charge in [0.2, 0.25) is 0 Å². The van der Waals surface area contributed by atoms with Gasteiger partial charge in [-0.15, -0.1) is 5.06 Å². The van der Waals surface area contributed by atoms with E-state index in [4.69, 9.17) is 25.1 Å². The summed E-state index contributed by atoms with van der Waals surface area (Å²) in [5.74, 6) is -1.51. The molecule has 1 aromatic heterocycles. The summed E-state index contributed by atoms with van der Waals surface area (Å²) in [6.45, 7) is -0.488. The van der Waals surface area contributed by atoms with Crippen LogP contribution in [0.2, 0.25) is 0 Å². The van der Waals surface area contributed by atoms with Crippen molar-refractivity contribution in [3.8, 4) is 0 Å². The van der Waals surface area contributed by atoms with Crippen molar-refractivity contribution in [3.05, 3.63) is 45.8 Å². The molecule has 0 unspecified atom stereocenters. The minimum atomic E-state index is -0.974. The molecule has 0 atom stereocenters. The SMILES string of the molecule is N=C(N)NCNC(=O)OCc1cc2cc(CNC(=O)ON3C(=O)CCC3=O)ccc2oc1=O. The molecule has 1 fully saturated rings. The number of alkyl carbamates (subject to hydrolysis) is 1. The third kappa shape index (κ3) is 6.19. The van der Waals surface area contributed by atoms with E-state index < -0.39 is 29.6 Å². The number of hydrogen-bond donors (Lipinski definition) is 5. The number of nitrogens with one attached hydrogen (secondary N) is 4. The van der Waals surface area contributed by atoms with Gasteiger partial charge in [-0.05, 0) is 23.8 Å². The normalized spacial score (nSPS) is 13.0. The Morgan fingerprint density at radius 2 is 1.79 bits per heavy atom. The number of carbonyl (C=O) groups excluding carboxylic acids is 4. The molecule has 1 aliphatic heterocycles. The zero-order chi connectivity index (χ0) is 24.0. The van der Waals surface area contributed by atoms with Gasteiger partial charge in [-0.1, -0.05) is 6.07 Å². The van der Waals surface area contributed by atoms with Crippen molar-refractivity contribution in [1.29, 1.82) is 5.41 Å². The van der Waals surface area contributed by atoms with Crippen LogP contribution in [-0.2, 0) is 32.3 Å². The molecule has 0 radical (unpaired) electrons. The van der Waals surface area contributed by atoms with Crippen LogP contribution in [0.5, 0.6) is 0 Å². The molecule has 4 amide bonds. The Morgan fingerprint density at radius 1 is 1.06 bits per heavy atom. The number of amides is 4. The van der Waals surface area contributed by atoms with E-state index in [1.807, 2.05) is 0 Å². The average molecular weight is 460 g/mol. The molecule has 3 rings (SSSR count). The molecular formula is C19H20N6O8.